The maximum atomic E-state index is 13.3. The Morgan fingerprint density at radius 2 is 1.88 bits per heavy atom. The molecule has 1 aromatic heterocycles. The molecule has 1 atom stereocenters. The Bertz CT molecular complexity index is 714. The first kappa shape index (κ1) is 19.4. The second-order valence-corrected chi connectivity index (χ2v) is 7.41. The van der Waals surface area contributed by atoms with E-state index in [9.17, 15) is 9.18 Å². The molecule has 6 nitrogen and oxygen atoms in total. The molecule has 1 heterocycles. The largest absolute Gasteiger partial charge is 0.353 e. The zero-order valence-corrected chi connectivity index (χ0v) is 16.0. The fraction of sp³-hybridized carbons (Fsp3) is 0.471. The lowest BCUT2D eigenvalue weighted by Crippen LogP contribution is -3.05. The number of rotatable bonds is 7. The van der Waals surface area contributed by atoms with E-state index in [0.717, 1.165) is 11.5 Å². The number of nitrogens with one attached hydrogen (secondary N) is 2. The highest BCUT2D eigenvalue weighted by molar-refractivity contribution is 7.99. The molecule has 136 valence electrons. The van der Waals surface area contributed by atoms with Crippen molar-refractivity contribution in [3.05, 3.63) is 35.9 Å². The fourth-order valence-corrected chi connectivity index (χ4v) is 3.01. The van der Waals surface area contributed by atoms with Gasteiger partial charge in [-0.05, 0) is 45.0 Å². The Hall–Kier alpha value is -1.93. The van der Waals surface area contributed by atoms with E-state index in [2.05, 4.69) is 22.4 Å². The molecule has 0 saturated heterocycles. The molecule has 2 N–H and O–H groups in total. The number of hydrogen-bond donors (Lipinski definition) is 2. The second-order valence-electron chi connectivity index (χ2n) is 6.46. The van der Waals surface area contributed by atoms with Gasteiger partial charge >= 0.3 is 0 Å². The summed E-state index contributed by atoms with van der Waals surface area (Å²) in [7, 11) is 4.08. The van der Waals surface area contributed by atoms with Crippen molar-refractivity contribution < 1.29 is 14.1 Å². The topological polar surface area (TPSA) is 64.2 Å². The lowest BCUT2D eigenvalue weighted by atomic mass is 10.2. The van der Waals surface area contributed by atoms with Crippen molar-refractivity contribution in [1.82, 2.24) is 20.1 Å². The van der Waals surface area contributed by atoms with Crippen LogP contribution in [0.1, 0.15) is 32.6 Å². The van der Waals surface area contributed by atoms with Crippen LogP contribution in [0.25, 0.3) is 5.69 Å². The number of aromatic nitrogens is 3. The van der Waals surface area contributed by atoms with E-state index in [0.29, 0.717) is 5.16 Å². The van der Waals surface area contributed by atoms with Gasteiger partial charge in [-0.3, -0.25) is 9.36 Å². The van der Waals surface area contributed by atoms with Crippen LogP contribution in [0.15, 0.2) is 29.4 Å². The molecule has 0 unspecified atom stereocenters. The van der Waals surface area contributed by atoms with Crippen LogP contribution in [-0.2, 0) is 4.79 Å². The van der Waals surface area contributed by atoms with Gasteiger partial charge in [0, 0.05) is 11.7 Å². The maximum absolute atomic E-state index is 13.3. The molecule has 0 fully saturated rings. The number of carbonyl (C=O) groups excluding carboxylic acids is 1. The molecule has 2 aromatic rings. The number of nitrogens with zero attached hydrogens (tertiary/aromatic N) is 3. The summed E-state index contributed by atoms with van der Waals surface area (Å²) < 4.78 is 15.2. The first-order valence-electron chi connectivity index (χ1n) is 8.23. The van der Waals surface area contributed by atoms with E-state index >= 15 is 0 Å². The third-order valence-corrected chi connectivity index (χ3v) is 4.71. The van der Waals surface area contributed by atoms with Gasteiger partial charge in [0.2, 0.25) is 5.91 Å². The summed E-state index contributed by atoms with van der Waals surface area (Å²) in [6.45, 7) is 5.89. The second kappa shape index (κ2) is 8.44. The molecule has 1 amide bonds. The van der Waals surface area contributed by atoms with E-state index < -0.39 is 0 Å². The number of thioether (sulfide) groups is 1. The standard InChI is InChI=1S/C17H24FN5OS/c1-11(2)19-15(24)10-25-17-21-20-16(12(3)22(4)5)23(17)14-8-6-13(18)7-9-14/h6-9,11-12H,10H2,1-5H3,(H,19,24)/p+1/t12-/m0/s1. The Kier molecular flexibility index (Phi) is 6.55. The van der Waals surface area contributed by atoms with Crippen molar-refractivity contribution in [2.45, 2.75) is 38.0 Å². The van der Waals surface area contributed by atoms with E-state index in [-0.39, 0.29) is 29.6 Å². The molecule has 0 aliphatic rings. The van der Waals surface area contributed by atoms with Crippen LogP contribution < -0.4 is 10.2 Å². The zero-order chi connectivity index (χ0) is 18.6. The van der Waals surface area contributed by atoms with Crippen LogP contribution in [0.3, 0.4) is 0 Å². The van der Waals surface area contributed by atoms with Gasteiger partial charge in [0.25, 0.3) is 0 Å². The first-order valence-corrected chi connectivity index (χ1v) is 9.21. The Morgan fingerprint density at radius 3 is 2.44 bits per heavy atom. The van der Waals surface area contributed by atoms with Crippen molar-refractivity contribution >= 4 is 17.7 Å². The van der Waals surface area contributed by atoms with Crippen LogP contribution in [0, 0.1) is 5.82 Å². The Balaban J connectivity index is 2.33. The van der Waals surface area contributed by atoms with E-state index in [4.69, 9.17) is 0 Å². The summed E-state index contributed by atoms with van der Waals surface area (Å²) in [5.74, 6) is 0.677. The van der Waals surface area contributed by atoms with Crippen LogP contribution >= 0.6 is 11.8 Å². The summed E-state index contributed by atoms with van der Waals surface area (Å²) >= 11 is 1.32. The van der Waals surface area contributed by atoms with Gasteiger partial charge in [-0.25, -0.2) is 4.39 Å². The first-order chi connectivity index (χ1) is 11.8. The quantitative estimate of drug-likeness (QED) is 0.724. The maximum Gasteiger partial charge on any atom is 0.230 e. The van der Waals surface area contributed by atoms with Gasteiger partial charge in [0.05, 0.1) is 19.8 Å². The Morgan fingerprint density at radius 1 is 1.24 bits per heavy atom. The number of benzene rings is 1. The molecule has 8 heteroatoms. The van der Waals surface area contributed by atoms with Crippen molar-refractivity contribution in [2.24, 2.45) is 0 Å². The predicted octanol–water partition coefficient (Wildman–Crippen LogP) is 1.23. The highest BCUT2D eigenvalue weighted by Crippen LogP contribution is 2.24. The minimum Gasteiger partial charge on any atom is -0.353 e. The fourth-order valence-electron chi connectivity index (χ4n) is 2.24. The summed E-state index contributed by atoms with van der Waals surface area (Å²) in [4.78, 5) is 13.1. The molecule has 0 saturated carbocycles. The molecular weight excluding hydrogens is 341 g/mol. The highest BCUT2D eigenvalue weighted by Gasteiger charge is 2.23. The van der Waals surface area contributed by atoms with Gasteiger partial charge in [-0.2, -0.15) is 0 Å². The van der Waals surface area contributed by atoms with Gasteiger partial charge in [0.15, 0.2) is 11.0 Å². The summed E-state index contributed by atoms with van der Waals surface area (Å²) in [5.41, 5.74) is 0.779. The predicted molar refractivity (Wildman–Crippen MR) is 96.5 cm³/mol. The Labute approximate surface area is 151 Å². The third-order valence-electron chi connectivity index (χ3n) is 3.78. The minimum atomic E-state index is -0.296. The molecule has 0 bridgehead atoms. The average molecular weight is 366 g/mol. The molecule has 2 rings (SSSR count). The lowest BCUT2D eigenvalue weighted by molar-refractivity contribution is -0.890. The van der Waals surface area contributed by atoms with Crippen molar-refractivity contribution in [2.75, 3.05) is 19.8 Å². The number of halogens is 1. The normalized spacial score (nSPS) is 12.6. The monoisotopic (exact) mass is 366 g/mol. The van der Waals surface area contributed by atoms with Gasteiger partial charge in [0.1, 0.15) is 11.9 Å². The molecule has 0 aliphatic carbocycles. The van der Waals surface area contributed by atoms with E-state index in [1.807, 2.05) is 32.5 Å². The zero-order valence-electron chi connectivity index (χ0n) is 15.2. The number of hydrogen-bond acceptors (Lipinski definition) is 4. The molecule has 25 heavy (non-hydrogen) atoms. The van der Waals surface area contributed by atoms with E-state index in [1.165, 1.54) is 28.8 Å². The van der Waals surface area contributed by atoms with Gasteiger partial charge in [-0.15, -0.1) is 10.2 Å². The van der Waals surface area contributed by atoms with Gasteiger partial charge in [-0.1, -0.05) is 11.8 Å². The number of quaternary nitrogens is 1. The van der Waals surface area contributed by atoms with Crippen LogP contribution in [0.5, 0.6) is 0 Å². The molecule has 0 spiro atoms. The summed E-state index contributed by atoms with van der Waals surface area (Å²) in [6, 6.07) is 6.39. The summed E-state index contributed by atoms with van der Waals surface area (Å²) in [6.07, 6.45) is 0. The van der Waals surface area contributed by atoms with Crippen LogP contribution in [0.2, 0.25) is 0 Å². The van der Waals surface area contributed by atoms with Gasteiger partial charge < -0.3 is 10.2 Å². The number of amides is 1. The number of carbonyl (C=O) groups is 1. The smallest absolute Gasteiger partial charge is 0.230 e. The SMILES string of the molecule is CC(C)NC(=O)CSc1nnc([C@H](C)[NH+](C)C)n1-c1ccc(F)cc1. The van der Waals surface area contributed by atoms with Crippen LogP contribution in [0.4, 0.5) is 4.39 Å². The molecule has 1 aromatic carbocycles. The highest BCUT2D eigenvalue weighted by atomic mass is 32.2. The minimum absolute atomic E-state index is 0.0542. The van der Waals surface area contributed by atoms with Crippen molar-refractivity contribution in [1.29, 1.82) is 0 Å². The van der Waals surface area contributed by atoms with E-state index in [1.54, 1.807) is 12.1 Å². The molecule has 0 radical (unpaired) electrons. The van der Waals surface area contributed by atoms with Crippen LogP contribution in [-0.4, -0.2) is 46.6 Å². The van der Waals surface area contributed by atoms with Crippen molar-refractivity contribution in [3.63, 3.8) is 0 Å². The molecule has 0 aliphatic heterocycles. The lowest BCUT2D eigenvalue weighted by Gasteiger charge is -2.18. The summed E-state index contributed by atoms with van der Waals surface area (Å²) in [5, 5.41) is 12.1. The average Bonchev–Trinajstić information content (AvgIpc) is 2.96. The van der Waals surface area contributed by atoms with Crippen molar-refractivity contribution in [3.8, 4) is 5.69 Å². The molecular formula is C17H25FN5OS+. The third kappa shape index (κ3) is 5.02.